The minimum absolute atomic E-state index is 0.307. The van der Waals surface area contributed by atoms with Gasteiger partial charge in [0.1, 0.15) is 5.75 Å². The van der Waals surface area contributed by atoms with Crippen molar-refractivity contribution in [2.24, 2.45) is 0 Å². The van der Waals surface area contributed by atoms with Crippen molar-refractivity contribution in [2.75, 3.05) is 46.4 Å². The van der Waals surface area contributed by atoms with Crippen LogP contribution in [0.15, 0.2) is 18.2 Å². The molecule has 112 valence electrons. The highest BCUT2D eigenvalue weighted by Gasteiger charge is 2.11. The second-order valence-electron chi connectivity index (χ2n) is 4.05. The lowest BCUT2D eigenvalue weighted by Gasteiger charge is -2.09. The molecule has 2 N–H and O–H groups in total. The first-order chi connectivity index (χ1) is 9.69. The van der Waals surface area contributed by atoms with E-state index in [-0.39, 0.29) is 0 Å². The fourth-order valence-corrected chi connectivity index (χ4v) is 1.51. The normalized spacial score (nSPS) is 10.3. The van der Waals surface area contributed by atoms with E-state index in [4.69, 9.17) is 19.9 Å². The van der Waals surface area contributed by atoms with Crippen molar-refractivity contribution in [3.05, 3.63) is 23.8 Å². The Bertz CT molecular complexity index is 422. The van der Waals surface area contributed by atoms with E-state index in [1.54, 1.807) is 25.3 Å². The second-order valence-corrected chi connectivity index (χ2v) is 4.05. The van der Waals surface area contributed by atoms with Crippen LogP contribution >= 0.6 is 0 Å². The minimum atomic E-state index is -0.476. The predicted octanol–water partition coefficient (Wildman–Crippen LogP) is 1.49. The summed E-state index contributed by atoms with van der Waals surface area (Å²) in [7, 11) is 2.94. The number of anilines is 1. The number of hydrogen-bond donors (Lipinski definition) is 1. The Labute approximate surface area is 118 Å². The molecule has 0 atom stereocenters. The van der Waals surface area contributed by atoms with Crippen LogP contribution in [0.2, 0.25) is 0 Å². The lowest BCUT2D eigenvalue weighted by Crippen LogP contribution is -2.08. The maximum Gasteiger partial charge on any atom is 0.340 e. The number of methoxy groups -OCH3 is 2. The molecule has 0 spiro atoms. The molecule has 0 aliphatic carbocycles. The number of ether oxygens (including phenoxy) is 4. The van der Waals surface area contributed by atoms with E-state index in [9.17, 15) is 4.79 Å². The lowest BCUT2D eigenvalue weighted by molar-refractivity contribution is 0.0600. The largest absolute Gasteiger partial charge is 0.493 e. The van der Waals surface area contributed by atoms with E-state index < -0.39 is 5.97 Å². The number of benzene rings is 1. The average molecular weight is 283 g/mol. The lowest BCUT2D eigenvalue weighted by atomic mass is 10.2. The van der Waals surface area contributed by atoms with Crippen molar-refractivity contribution in [3.63, 3.8) is 0 Å². The Morgan fingerprint density at radius 1 is 1.15 bits per heavy atom. The van der Waals surface area contributed by atoms with Gasteiger partial charge in [-0.2, -0.15) is 0 Å². The van der Waals surface area contributed by atoms with Crippen molar-refractivity contribution in [2.45, 2.75) is 6.42 Å². The molecule has 0 saturated heterocycles. The van der Waals surface area contributed by atoms with Gasteiger partial charge < -0.3 is 24.7 Å². The van der Waals surface area contributed by atoms with Crippen molar-refractivity contribution < 1.29 is 23.7 Å². The number of carbonyl (C=O) groups excluding carboxylic acids is 1. The first-order valence-electron chi connectivity index (χ1n) is 6.36. The van der Waals surface area contributed by atoms with Gasteiger partial charge in [0.25, 0.3) is 0 Å². The van der Waals surface area contributed by atoms with Crippen LogP contribution in [0.1, 0.15) is 16.8 Å². The third-order valence-electron chi connectivity index (χ3n) is 2.56. The van der Waals surface area contributed by atoms with E-state index in [0.717, 1.165) is 6.42 Å². The summed E-state index contributed by atoms with van der Waals surface area (Å²) in [6, 6.07) is 4.91. The molecule has 20 heavy (non-hydrogen) atoms. The van der Waals surface area contributed by atoms with Crippen molar-refractivity contribution >= 4 is 11.7 Å². The zero-order valence-electron chi connectivity index (χ0n) is 11.9. The molecule has 1 aromatic carbocycles. The summed E-state index contributed by atoms with van der Waals surface area (Å²) in [4.78, 5) is 11.5. The molecule has 1 aromatic rings. The molecule has 0 unspecified atom stereocenters. The van der Waals surface area contributed by atoms with Gasteiger partial charge >= 0.3 is 5.97 Å². The van der Waals surface area contributed by atoms with E-state index in [0.29, 0.717) is 43.4 Å². The molecule has 0 aliphatic rings. The van der Waals surface area contributed by atoms with E-state index in [2.05, 4.69) is 4.74 Å². The van der Waals surface area contributed by atoms with Crippen LogP contribution in [-0.2, 0) is 14.2 Å². The Kier molecular flexibility index (Phi) is 7.46. The van der Waals surface area contributed by atoms with Crippen LogP contribution in [0.4, 0.5) is 5.69 Å². The molecule has 0 heterocycles. The molecule has 1 rings (SSSR count). The molecule has 0 radical (unpaired) electrons. The molecule has 0 bridgehead atoms. The summed E-state index contributed by atoms with van der Waals surface area (Å²) in [5.74, 6) is 0.104. The molecular formula is C14H21NO5. The van der Waals surface area contributed by atoms with Gasteiger partial charge in [-0.25, -0.2) is 4.79 Å². The summed E-state index contributed by atoms with van der Waals surface area (Å²) in [5, 5.41) is 0. The molecule has 0 fully saturated rings. The molecule has 6 heteroatoms. The molecule has 0 amide bonds. The van der Waals surface area contributed by atoms with Gasteiger partial charge in [0, 0.05) is 25.8 Å². The fraction of sp³-hybridized carbons (Fsp3) is 0.500. The van der Waals surface area contributed by atoms with E-state index >= 15 is 0 Å². The maximum atomic E-state index is 11.5. The maximum absolute atomic E-state index is 11.5. The highest BCUT2D eigenvalue weighted by molar-refractivity contribution is 5.95. The zero-order valence-corrected chi connectivity index (χ0v) is 11.9. The van der Waals surface area contributed by atoms with Gasteiger partial charge in [-0.05, 0) is 18.2 Å². The van der Waals surface area contributed by atoms with Crippen LogP contribution < -0.4 is 10.5 Å². The number of rotatable bonds is 9. The highest BCUT2D eigenvalue weighted by Crippen LogP contribution is 2.20. The topological polar surface area (TPSA) is 80.0 Å². The number of nitrogens with two attached hydrogens (primary N) is 1. The first-order valence-corrected chi connectivity index (χ1v) is 6.36. The highest BCUT2D eigenvalue weighted by atomic mass is 16.5. The molecule has 0 saturated carbocycles. The number of nitrogen functional groups attached to an aromatic ring is 1. The predicted molar refractivity (Wildman–Crippen MR) is 75.0 cm³/mol. The third kappa shape index (κ3) is 5.46. The van der Waals surface area contributed by atoms with Crippen LogP contribution in [0, 0.1) is 0 Å². The van der Waals surface area contributed by atoms with Gasteiger partial charge in [0.05, 0.1) is 32.5 Å². The summed E-state index contributed by atoms with van der Waals surface area (Å²) < 4.78 is 20.3. The molecule has 0 aromatic heterocycles. The van der Waals surface area contributed by atoms with Crippen LogP contribution in [0.25, 0.3) is 0 Å². The van der Waals surface area contributed by atoms with Crippen LogP contribution in [-0.4, -0.2) is 46.6 Å². The van der Waals surface area contributed by atoms with Gasteiger partial charge in [-0.15, -0.1) is 0 Å². The Morgan fingerprint density at radius 2 is 1.95 bits per heavy atom. The Hall–Kier alpha value is -1.79. The third-order valence-corrected chi connectivity index (χ3v) is 2.56. The fourth-order valence-electron chi connectivity index (χ4n) is 1.51. The van der Waals surface area contributed by atoms with Crippen molar-refractivity contribution in [3.8, 4) is 5.75 Å². The Balaban J connectivity index is 2.35. The summed E-state index contributed by atoms with van der Waals surface area (Å²) in [6.07, 6.45) is 0.752. The van der Waals surface area contributed by atoms with Gasteiger partial charge in [-0.3, -0.25) is 0 Å². The average Bonchev–Trinajstić information content (AvgIpc) is 2.47. The minimum Gasteiger partial charge on any atom is -0.493 e. The number of hydrogen-bond acceptors (Lipinski definition) is 6. The summed E-state index contributed by atoms with van der Waals surface area (Å²) in [5.41, 5.74) is 6.38. The quantitative estimate of drug-likeness (QED) is 0.420. The standard InChI is InChI=1S/C14H21NO5/c1-17-8-9-19-6-3-7-20-11-4-5-13(15)12(10-11)14(16)18-2/h4-5,10H,3,6-9,15H2,1-2H3. The van der Waals surface area contributed by atoms with Gasteiger partial charge in [0.15, 0.2) is 0 Å². The second kappa shape index (κ2) is 9.17. The monoisotopic (exact) mass is 283 g/mol. The molecule has 6 nitrogen and oxygen atoms in total. The Morgan fingerprint density at radius 3 is 2.65 bits per heavy atom. The van der Waals surface area contributed by atoms with E-state index in [1.165, 1.54) is 7.11 Å². The smallest absolute Gasteiger partial charge is 0.340 e. The number of carbonyl (C=O) groups is 1. The number of esters is 1. The van der Waals surface area contributed by atoms with Gasteiger partial charge in [-0.1, -0.05) is 0 Å². The summed E-state index contributed by atoms with van der Waals surface area (Å²) in [6.45, 7) is 2.26. The van der Waals surface area contributed by atoms with Crippen molar-refractivity contribution in [1.29, 1.82) is 0 Å². The first kappa shape index (κ1) is 16.3. The van der Waals surface area contributed by atoms with Crippen LogP contribution in [0.3, 0.4) is 0 Å². The zero-order chi connectivity index (χ0) is 14.8. The molecule has 0 aliphatic heterocycles. The van der Waals surface area contributed by atoms with Crippen LogP contribution in [0.5, 0.6) is 5.75 Å². The summed E-state index contributed by atoms with van der Waals surface area (Å²) >= 11 is 0. The van der Waals surface area contributed by atoms with Gasteiger partial charge in [0.2, 0.25) is 0 Å². The van der Waals surface area contributed by atoms with E-state index in [1.807, 2.05) is 0 Å². The van der Waals surface area contributed by atoms with Crippen molar-refractivity contribution in [1.82, 2.24) is 0 Å². The SMILES string of the molecule is COCCOCCCOc1ccc(N)c(C(=O)OC)c1. The molecular weight excluding hydrogens is 262 g/mol.